The first-order chi connectivity index (χ1) is 8.62. The van der Waals surface area contributed by atoms with E-state index in [4.69, 9.17) is 5.11 Å². The minimum absolute atomic E-state index is 0.0462. The Balaban J connectivity index is 2.04. The molecule has 0 amide bonds. The van der Waals surface area contributed by atoms with Crippen LogP contribution in [0.4, 0.5) is 0 Å². The molecule has 1 aromatic heterocycles. The molecule has 1 heterocycles. The lowest BCUT2D eigenvalue weighted by atomic mass is 9.96. The number of nitrogens with zero attached hydrogens (tertiary/aromatic N) is 2. The molecule has 0 atom stereocenters. The second-order valence-corrected chi connectivity index (χ2v) is 6.33. The van der Waals surface area contributed by atoms with Gasteiger partial charge in [-0.15, -0.1) is 0 Å². The van der Waals surface area contributed by atoms with Crippen molar-refractivity contribution >= 4 is 10.0 Å². The molecule has 1 aliphatic carbocycles. The number of hydrogen-bond acceptors (Lipinski definition) is 4. The molecule has 6 nitrogen and oxygen atoms in total. The molecule has 7 heteroatoms. The predicted molar refractivity (Wildman–Crippen MR) is 66.5 cm³/mol. The Hall–Kier alpha value is -0.920. The highest BCUT2D eigenvalue weighted by Crippen LogP contribution is 2.19. The summed E-state index contributed by atoms with van der Waals surface area (Å²) in [6, 6.07) is 0.0462. The molecule has 18 heavy (non-hydrogen) atoms. The smallest absolute Gasteiger partial charge is 0.243 e. The fourth-order valence-electron chi connectivity index (χ4n) is 2.22. The van der Waals surface area contributed by atoms with E-state index in [1.165, 1.54) is 23.5 Å². The van der Waals surface area contributed by atoms with Gasteiger partial charge in [-0.1, -0.05) is 19.3 Å². The van der Waals surface area contributed by atoms with Crippen molar-refractivity contribution in [3.05, 3.63) is 12.4 Å². The zero-order valence-electron chi connectivity index (χ0n) is 10.2. The van der Waals surface area contributed by atoms with Gasteiger partial charge in [0.15, 0.2) is 0 Å². The third kappa shape index (κ3) is 3.30. The monoisotopic (exact) mass is 273 g/mol. The van der Waals surface area contributed by atoms with Crippen molar-refractivity contribution in [2.24, 2.45) is 0 Å². The summed E-state index contributed by atoms with van der Waals surface area (Å²) < 4.78 is 28.3. The summed E-state index contributed by atoms with van der Waals surface area (Å²) in [6.07, 6.45) is 7.93. The maximum Gasteiger partial charge on any atom is 0.243 e. The van der Waals surface area contributed by atoms with Crippen molar-refractivity contribution in [3.8, 4) is 0 Å². The molecule has 102 valence electrons. The van der Waals surface area contributed by atoms with Gasteiger partial charge in [-0.25, -0.2) is 13.1 Å². The Morgan fingerprint density at radius 3 is 2.78 bits per heavy atom. The molecule has 2 rings (SSSR count). The lowest BCUT2D eigenvalue weighted by molar-refractivity contribution is 0.269. The molecule has 0 aliphatic heterocycles. The van der Waals surface area contributed by atoms with Gasteiger partial charge in [0, 0.05) is 12.2 Å². The number of aromatic nitrogens is 2. The predicted octanol–water partition coefficient (Wildman–Crippen LogP) is 0.486. The zero-order valence-corrected chi connectivity index (χ0v) is 11.1. The van der Waals surface area contributed by atoms with Crippen LogP contribution >= 0.6 is 0 Å². The molecule has 0 unspecified atom stereocenters. The summed E-state index contributed by atoms with van der Waals surface area (Å²) in [5.74, 6) is 0. The van der Waals surface area contributed by atoms with Gasteiger partial charge >= 0.3 is 0 Å². The Morgan fingerprint density at radius 2 is 2.11 bits per heavy atom. The average Bonchev–Trinajstić information content (AvgIpc) is 2.80. The third-order valence-electron chi connectivity index (χ3n) is 3.18. The number of aliphatic hydroxyl groups excluding tert-OH is 1. The van der Waals surface area contributed by atoms with Gasteiger partial charge in [0.1, 0.15) is 4.90 Å². The Kier molecular flexibility index (Phi) is 4.36. The highest BCUT2D eigenvalue weighted by molar-refractivity contribution is 7.89. The largest absolute Gasteiger partial charge is 0.394 e. The molecule has 0 saturated heterocycles. The molecule has 1 saturated carbocycles. The van der Waals surface area contributed by atoms with Crippen molar-refractivity contribution in [2.75, 3.05) is 6.61 Å². The third-order valence-corrected chi connectivity index (χ3v) is 4.65. The molecular formula is C11H19N3O3S. The van der Waals surface area contributed by atoms with Gasteiger partial charge in [0.2, 0.25) is 10.0 Å². The molecule has 0 aromatic carbocycles. The number of hydrogen-bond donors (Lipinski definition) is 2. The van der Waals surface area contributed by atoms with Gasteiger partial charge in [0.25, 0.3) is 0 Å². The summed E-state index contributed by atoms with van der Waals surface area (Å²) >= 11 is 0. The van der Waals surface area contributed by atoms with Gasteiger partial charge in [-0.3, -0.25) is 4.68 Å². The van der Waals surface area contributed by atoms with E-state index in [-0.39, 0.29) is 17.5 Å². The molecular weight excluding hydrogens is 254 g/mol. The van der Waals surface area contributed by atoms with Crippen molar-refractivity contribution in [1.82, 2.24) is 14.5 Å². The van der Waals surface area contributed by atoms with Crippen LogP contribution in [0.3, 0.4) is 0 Å². The lowest BCUT2D eigenvalue weighted by Gasteiger charge is -2.22. The van der Waals surface area contributed by atoms with E-state index in [2.05, 4.69) is 9.82 Å². The van der Waals surface area contributed by atoms with Crippen molar-refractivity contribution < 1.29 is 13.5 Å². The quantitative estimate of drug-likeness (QED) is 0.817. The van der Waals surface area contributed by atoms with Crippen LogP contribution in [0.5, 0.6) is 0 Å². The first-order valence-corrected chi connectivity index (χ1v) is 7.76. The maximum atomic E-state index is 12.1. The van der Waals surface area contributed by atoms with Crippen molar-refractivity contribution in [3.63, 3.8) is 0 Å². The molecule has 0 radical (unpaired) electrons. The standard InChI is InChI=1S/C11H19N3O3S/c15-7-6-14-9-11(8-12-14)18(16,17)13-10-4-2-1-3-5-10/h8-10,13,15H,1-7H2. The van der Waals surface area contributed by atoms with E-state index in [0.29, 0.717) is 6.54 Å². The Morgan fingerprint density at radius 1 is 1.39 bits per heavy atom. The summed E-state index contributed by atoms with van der Waals surface area (Å²) in [5, 5.41) is 12.7. The molecule has 0 bridgehead atoms. The van der Waals surface area contributed by atoms with Crippen LogP contribution in [-0.4, -0.2) is 36.0 Å². The van der Waals surface area contributed by atoms with Crippen LogP contribution in [-0.2, 0) is 16.6 Å². The second kappa shape index (κ2) is 5.81. The van der Waals surface area contributed by atoms with E-state index in [1.54, 1.807) is 0 Å². The van der Waals surface area contributed by atoms with Crippen LogP contribution < -0.4 is 4.72 Å². The SMILES string of the molecule is O=S(=O)(NC1CCCCC1)c1cnn(CCO)c1. The zero-order chi connectivity index (χ0) is 13.0. The summed E-state index contributed by atoms with van der Waals surface area (Å²) in [4.78, 5) is 0.168. The van der Waals surface area contributed by atoms with E-state index in [1.807, 2.05) is 0 Å². The number of aliphatic hydroxyl groups is 1. The number of rotatable bonds is 5. The minimum Gasteiger partial charge on any atom is -0.394 e. The summed E-state index contributed by atoms with van der Waals surface area (Å²) in [5.41, 5.74) is 0. The van der Waals surface area contributed by atoms with Crippen LogP contribution in [0, 0.1) is 0 Å². The van der Waals surface area contributed by atoms with Gasteiger partial charge in [0.05, 0.1) is 19.3 Å². The minimum atomic E-state index is -3.47. The fourth-order valence-corrected chi connectivity index (χ4v) is 3.47. The molecule has 2 N–H and O–H groups in total. The number of sulfonamides is 1. The lowest BCUT2D eigenvalue weighted by Crippen LogP contribution is -2.36. The highest BCUT2D eigenvalue weighted by atomic mass is 32.2. The van der Waals surface area contributed by atoms with Crippen LogP contribution in [0.2, 0.25) is 0 Å². The van der Waals surface area contributed by atoms with Gasteiger partial charge < -0.3 is 5.11 Å². The normalized spacial score (nSPS) is 18.1. The van der Waals surface area contributed by atoms with Gasteiger partial charge in [-0.2, -0.15) is 5.10 Å². The van der Waals surface area contributed by atoms with Crippen molar-refractivity contribution in [1.29, 1.82) is 0 Å². The summed E-state index contributed by atoms with van der Waals surface area (Å²) in [7, 11) is -3.47. The molecule has 0 spiro atoms. The van der Waals surface area contributed by atoms with E-state index in [0.717, 1.165) is 25.7 Å². The fraction of sp³-hybridized carbons (Fsp3) is 0.727. The van der Waals surface area contributed by atoms with Gasteiger partial charge in [-0.05, 0) is 12.8 Å². The van der Waals surface area contributed by atoms with E-state index in [9.17, 15) is 8.42 Å². The molecule has 1 fully saturated rings. The maximum absolute atomic E-state index is 12.1. The second-order valence-electron chi connectivity index (χ2n) is 4.62. The van der Waals surface area contributed by atoms with E-state index >= 15 is 0 Å². The first kappa shape index (κ1) is 13.5. The Labute approximate surface area is 107 Å². The highest BCUT2D eigenvalue weighted by Gasteiger charge is 2.22. The topological polar surface area (TPSA) is 84.2 Å². The first-order valence-electron chi connectivity index (χ1n) is 6.27. The summed E-state index contributed by atoms with van der Waals surface area (Å²) in [6.45, 7) is 0.246. The molecule has 1 aromatic rings. The van der Waals surface area contributed by atoms with Crippen LogP contribution in [0.25, 0.3) is 0 Å². The van der Waals surface area contributed by atoms with Crippen LogP contribution in [0.1, 0.15) is 32.1 Å². The number of nitrogens with one attached hydrogen (secondary N) is 1. The average molecular weight is 273 g/mol. The van der Waals surface area contributed by atoms with E-state index < -0.39 is 10.0 Å². The van der Waals surface area contributed by atoms with Crippen LogP contribution in [0.15, 0.2) is 17.3 Å². The van der Waals surface area contributed by atoms with Crippen molar-refractivity contribution in [2.45, 2.75) is 49.6 Å². The molecule has 1 aliphatic rings. The Bertz CT molecular complexity index is 477.